The quantitative estimate of drug-likeness (QED) is 0.114. The van der Waals surface area contributed by atoms with Crippen molar-refractivity contribution in [2.75, 3.05) is 26.4 Å². The van der Waals surface area contributed by atoms with E-state index >= 15 is 0 Å². The maximum Gasteiger partial charge on any atom is 0.357 e. The number of aryl methyl sites for hydroxylation is 5. The van der Waals surface area contributed by atoms with E-state index in [0.29, 0.717) is 47.8 Å². The summed E-state index contributed by atoms with van der Waals surface area (Å²) >= 11 is 0. The topological polar surface area (TPSA) is 233 Å². The van der Waals surface area contributed by atoms with Crippen LogP contribution in [0.15, 0.2) is 110 Å². The standard InChI is InChI=1S/C19H19N3O2.2C12H14N2O2.C10H10N2O2.C9H11NO/c1-12-5-7-22-17(9-12)21-13(2)18(22)19(23)20-11-14-3-4-16-15(10-14)6-8-24-16;2*1-4-16-12(15)11-9(3)13-10-7-8(2)5-6-14(10)11;1-6-3-4-12-8(5-6)11-7(2)9(12)10(13)14;10-6-7-1-2-9-8(5-7)3-4-11-9/h3-5,7,9-10H,6,8,11H2,1-2H3,(H,20,23);2*5-7H,4H2,1-3H3;3-5H,1-2H3,(H,13,14);1-2,5H,3-4,6,10H2/i2D3,5D,9D;3D3,5D,7D;;2D3,3D,5D;. The number of rotatable bonds is 9. The fourth-order valence-corrected chi connectivity index (χ4v) is 8.54. The highest BCUT2D eigenvalue weighted by Gasteiger charge is 2.21. The first-order valence-electron chi connectivity index (χ1n) is 33.0. The minimum Gasteiger partial charge on any atom is -0.493 e. The van der Waals surface area contributed by atoms with Gasteiger partial charge in [-0.1, -0.05) is 24.3 Å². The van der Waals surface area contributed by atoms with E-state index in [-0.39, 0.29) is 89.4 Å². The largest absolute Gasteiger partial charge is 0.493 e. The fourth-order valence-electron chi connectivity index (χ4n) is 8.54. The van der Waals surface area contributed by atoms with Crippen LogP contribution in [0.1, 0.15) is 144 Å². The van der Waals surface area contributed by atoms with Crippen LogP contribution in [-0.2, 0) is 35.4 Å². The van der Waals surface area contributed by atoms with Gasteiger partial charge in [0.2, 0.25) is 0 Å². The normalized spacial score (nSPS) is 15.0. The van der Waals surface area contributed by atoms with Crippen molar-refractivity contribution < 1.29 is 63.8 Å². The molecule has 2 aliphatic rings. The Morgan fingerprint density at radius 1 is 0.593 bits per heavy atom. The average molecular weight is 1110 g/mol. The van der Waals surface area contributed by atoms with Gasteiger partial charge in [-0.15, -0.1) is 0 Å². The second-order valence-corrected chi connectivity index (χ2v) is 18.3. The molecule has 81 heavy (non-hydrogen) atoms. The molecule has 12 rings (SSSR count). The van der Waals surface area contributed by atoms with Gasteiger partial charge in [-0.05, 0) is 174 Å². The van der Waals surface area contributed by atoms with Gasteiger partial charge in [-0.2, -0.15) is 0 Å². The van der Waals surface area contributed by atoms with Crippen LogP contribution in [0.4, 0.5) is 0 Å². The Morgan fingerprint density at radius 2 is 1.04 bits per heavy atom. The number of carboxylic acid groups (broad SMARTS) is 1. The van der Waals surface area contributed by atoms with Gasteiger partial charge in [0.1, 0.15) is 39.8 Å². The molecule has 0 unspecified atom stereocenters. The molecule has 0 bridgehead atoms. The molecular weight excluding hydrogens is 1030 g/mol. The Hall–Kier alpha value is -9.36. The van der Waals surface area contributed by atoms with Gasteiger partial charge in [-0.25, -0.2) is 34.3 Å². The summed E-state index contributed by atoms with van der Waals surface area (Å²) in [6.45, 7) is 6.68. The number of benzene rings is 2. The van der Waals surface area contributed by atoms with Crippen molar-refractivity contribution >= 4 is 46.4 Å². The predicted molar refractivity (Wildman–Crippen MR) is 308 cm³/mol. The second kappa shape index (κ2) is 25.6. The molecule has 10 heterocycles. The third-order valence-corrected chi connectivity index (χ3v) is 12.4. The summed E-state index contributed by atoms with van der Waals surface area (Å²) in [5, 5.41) is 11.9. The number of carboxylic acids is 1. The zero-order valence-electron chi connectivity index (χ0n) is 60.5. The molecular formula is C62H68N10O9. The molecule has 8 aromatic heterocycles. The number of carbonyl (C=O) groups is 4. The van der Waals surface area contributed by atoms with Gasteiger partial charge >= 0.3 is 17.9 Å². The van der Waals surface area contributed by atoms with E-state index < -0.39 is 55.5 Å². The second-order valence-electron chi connectivity index (χ2n) is 18.3. The predicted octanol–water partition coefficient (Wildman–Crippen LogP) is 9.80. The first-order valence-corrected chi connectivity index (χ1v) is 25.5. The zero-order chi connectivity index (χ0) is 70.8. The van der Waals surface area contributed by atoms with Crippen molar-refractivity contribution in [2.45, 2.75) is 95.0 Å². The lowest BCUT2D eigenvalue weighted by molar-refractivity contribution is 0.0507. The molecule has 0 atom stereocenters. The number of carbonyl (C=O) groups excluding carboxylic acids is 3. The number of aromatic carboxylic acids is 1. The highest BCUT2D eigenvalue weighted by molar-refractivity contribution is 5.95. The van der Waals surface area contributed by atoms with E-state index in [1.165, 1.54) is 34.8 Å². The van der Waals surface area contributed by atoms with Crippen LogP contribution >= 0.6 is 0 Å². The maximum absolute atomic E-state index is 12.9. The van der Waals surface area contributed by atoms with E-state index in [0.717, 1.165) is 68.3 Å². The number of aromatic nitrogens is 8. The smallest absolute Gasteiger partial charge is 0.357 e. The fraction of sp³-hybridized carbons (Fsp3) is 0.290. The molecule has 4 N–H and O–H groups in total. The lowest BCUT2D eigenvalue weighted by Crippen LogP contribution is -2.25. The van der Waals surface area contributed by atoms with Crippen molar-refractivity contribution in [1.29, 1.82) is 0 Å². The van der Waals surface area contributed by atoms with Gasteiger partial charge < -0.3 is 35.1 Å². The van der Waals surface area contributed by atoms with Gasteiger partial charge in [0.05, 0.1) is 57.4 Å². The number of ether oxygens (including phenoxy) is 4. The zero-order valence-corrected chi connectivity index (χ0v) is 45.5. The number of nitrogens with one attached hydrogen (secondary N) is 1. The number of nitrogens with zero attached hydrogens (tertiary/aromatic N) is 8. The highest BCUT2D eigenvalue weighted by atomic mass is 16.5. The summed E-state index contributed by atoms with van der Waals surface area (Å²) in [4.78, 5) is 64.0. The summed E-state index contributed by atoms with van der Waals surface area (Å²) in [6.07, 6.45) is 7.45. The van der Waals surface area contributed by atoms with Gasteiger partial charge in [-0.3, -0.25) is 22.4 Å². The summed E-state index contributed by atoms with van der Waals surface area (Å²) < 4.78 is 141. The van der Waals surface area contributed by atoms with Crippen molar-refractivity contribution in [3.8, 4) is 11.5 Å². The number of imidazole rings is 4. The molecule has 10 aromatic rings. The number of pyridine rings is 4. The van der Waals surface area contributed by atoms with Crippen molar-refractivity contribution in [3.63, 3.8) is 0 Å². The third kappa shape index (κ3) is 13.4. The van der Waals surface area contributed by atoms with Crippen LogP contribution < -0.4 is 20.5 Å². The van der Waals surface area contributed by atoms with Crippen LogP contribution in [0.5, 0.6) is 11.5 Å². The SMILES string of the molecule is CCOC(=O)c1c(C)nc2cc(C)ccn12.NCc1ccc2c(c1)CCO2.[2H]c1cn2c(C(=O)NCc3ccc4c(c3)CCO4)c(C([2H])([2H])[2H])nc2c([2H])c1C.[2H]c1cn2c(C(=O)O)c(C([2H])([2H])[2H])nc2c([2H])c1C.[2H]c1cn2c(C(=O)OCC)c(C([2H])([2H])[2H])nc2c([2H])c1C. The molecule has 1 amide bonds. The molecule has 19 nitrogen and oxygen atoms in total. The molecule has 0 aliphatic carbocycles. The minimum atomic E-state index is -2.69. The number of hydrogen-bond acceptors (Lipinski definition) is 13. The average Bonchev–Trinajstić information content (AvgIpc) is 1.61. The van der Waals surface area contributed by atoms with E-state index in [2.05, 4.69) is 31.3 Å². The molecule has 420 valence electrons. The number of fused-ring (bicyclic) bond motifs is 6. The summed E-state index contributed by atoms with van der Waals surface area (Å²) in [7, 11) is 0. The van der Waals surface area contributed by atoms with Gasteiger partial charge in [0.25, 0.3) is 5.91 Å². The van der Waals surface area contributed by atoms with Crippen LogP contribution in [-0.4, -0.2) is 92.9 Å². The Morgan fingerprint density at radius 3 is 1.54 bits per heavy atom. The molecule has 19 heteroatoms. The Kier molecular flexibility index (Phi) is 12.9. The highest BCUT2D eigenvalue weighted by Crippen LogP contribution is 2.27. The molecule has 0 saturated carbocycles. The molecule has 0 spiro atoms. The van der Waals surface area contributed by atoms with Crippen molar-refractivity contribution in [3.05, 3.63) is 200 Å². The summed E-state index contributed by atoms with van der Waals surface area (Å²) in [5.41, 5.74) is 11.7. The minimum absolute atomic E-state index is 0.0209. The van der Waals surface area contributed by atoms with Crippen LogP contribution in [0, 0.1) is 55.2 Å². The lowest BCUT2D eigenvalue weighted by Gasteiger charge is -2.08. The number of hydrogen-bond donors (Lipinski definition) is 3. The Labute approximate surface area is 490 Å². The maximum atomic E-state index is 12.9. The molecule has 0 radical (unpaired) electrons. The number of esters is 2. The van der Waals surface area contributed by atoms with Crippen molar-refractivity contribution in [2.24, 2.45) is 5.73 Å². The number of nitrogens with two attached hydrogens (primary N) is 1. The van der Waals surface area contributed by atoms with Crippen molar-refractivity contribution in [1.82, 2.24) is 42.9 Å². The van der Waals surface area contributed by atoms with Crippen LogP contribution in [0.2, 0.25) is 0 Å². The number of amides is 1. The first-order chi connectivity index (χ1) is 45.0. The first kappa shape index (κ1) is 40.8. The molecule has 2 aliphatic heterocycles. The van der Waals surface area contributed by atoms with Crippen LogP contribution in [0.3, 0.4) is 0 Å². The van der Waals surface area contributed by atoms with E-state index in [9.17, 15) is 19.2 Å². The lowest BCUT2D eigenvalue weighted by atomic mass is 10.1. The molecule has 0 fully saturated rings. The van der Waals surface area contributed by atoms with Gasteiger partial charge in [0, 0.05) is 63.1 Å². The van der Waals surface area contributed by atoms with E-state index in [1.807, 2.05) is 62.5 Å². The molecule has 2 aromatic carbocycles. The molecule has 0 saturated heterocycles. The monoisotopic (exact) mass is 1110 g/mol. The van der Waals surface area contributed by atoms with E-state index in [1.54, 1.807) is 32.1 Å². The summed E-state index contributed by atoms with van der Waals surface area (Å²) in [6, 6.07) is 15.4. The van der Waals surface area contributed by atoms with E-state index in [4.69, 9.17) is 50.3 Å². The summed E-state index contributed by atoms with van der Waals surface area (Å²) in [5.74, 6) is -1.37. The Bertz CT molecular complexity index is 4670. The third-order valence-electron chi connectivity index (χ3n) is 12.4. The van der Waals surface area contributed by atoms with Crippen LogP contribution in [0.25, 0.3) is 22.6 Å². The Balaban J connectivity index is 0.000000158. The van der Waals surface area contributed by atoms with Gasteiger partial charge in [0.15, 0.2) is 17.1 Å².